The highest BCUT2D eigenvalue weighted by Gasteiger charge is 2.10. The first-order valence-electron chi connectivity index (χ1n) is 11.1. The van der Waals surface area contributed by atoms with Crippen molar-refractivity contribution in [3.8, 4) is 0 Å². The van der Waals surface area contributed by atoms with Gasteiger partial charge in [-0.1, -0.05) is 48.2 Å². The molecular weight excluding hydrogens is 464 g/mol. The summed E-state index contributed by atoms with van der Waals surface area (Å²) in [4.78, 5) is 19.4. The Morgan fingerprint density at radius 2 is 1.82 bits per heavy atom. The fourth-order valence-electron chi connectivity index (χ4n) is 3.63. The van der Waals surface area contributed by atoms with Crippen LogP contribution in [0.4, 0.5) is 5.69 Å². The molecule has 2 heterocycles. The molecule has 0 bridgehead atoms. The second-order valence-corrected chi connectivity index (χ2v) is 10.1. The predicted molar refractivity (Wildman–Crippen MR) is 140 cm³/mol. The Bertz CT molecular complexity index is 1250. The van der Waals surface area contributed by atoms with Gasteiger partial charge >= 0.3 is 0 Å². The number of hydrogen-bond donors (Lipinski definition) is 1. The number of thioether (sulfide) groups is 1. The molecule has 1 amide bonds. The van der Waals surface area contributed by atoms with Crippen molar-refractivity contribution in [2.75, 3.05) is 31.2 Å². The molecule has 0 spiro atoms. The van der Waals surface area contributed by atoms with Gasteiger partial charge in [-0.25, -0.2) is 10.4 Å². The largest absolute Gasteiger partial charge is 0.378 e. The molecule has 0 atom stereocenters. The Balaban J connectivity index is 1.11. The van der Waals surface area contributed by atoms with Crippen molar-refractivity contribution in [1.82, 2.24) is 10.4 Å². The minimum atomic E-state index is -0.230. The summed E-state index contributed by atoms with van der Waals surface area (Å²) in [6.07, 6.45) is 1.66. The number of nitrogens with one attached hydrogen (secondary N) is 1. The van der Waals surface area contributed by atoms with E-state index in [0.717, 1.165) is 53.0 Å². The quantitative estimate of drug-likeness (QED) is 0.220. The molecule has 0 saturated carbocycles. The van der Waals surface area contributed by atoms with Crippen LogP contribution < -0.4 is 10.3 Å². The molecule has 1 aliphatic rings. The van der Waals surface area contributed by atoms with Crippen molar-refractivity contribution < 1.29 is 9.53 Å². The zero-order chi connectivity index (χ0) is 23.2. The van der Waals surface area contributed by atoms with E-state index in [0.29, 0.717) is 5.56 Å². The average Bonchev–Trinajstić information content (AvgIpc) is 3.32. The topological polar surface area (TPSA) is 66.8 Å². The summed E-state index contributed by atoms with van der Waals surface area (Å²) in [7, 11) is 0. The average molecular weight is 489 g/mol. The number of carbonyl (C=O) groups is 1. The summed E-state index contributed by atoms with van der Waals surface area (Å²) in [5.41, 5.74) is 7.47. The predicted octanol–water partition coefficient (Wildman–Crippen LogP) is 5.19. The monoisotopic (exact) mass is 488 g/mol. The molecule has 0 aliphatic carbocycles. The number of para-hydroxylation sites is 1. The fourth-order valence-corrected chi connectivity index (χ4v) is 5.66. The lowest BCUT2D eigenvalue weighted by atomic mass is 10.1. The number of hydrogen-bond acceptors (Lipinski definition) is 7. The lowest BCUT2D eigenvalue weighted by Gasteiger charge is -2.28. The lowest BCUT2D eigenvalue weighted by Crippen LogP contribution is -2.36. The first-order chi connectivity index (χ1) is 16.7. The number of anilines is 1. The number of morpholine rings is 1. The van der Waals surface area contributed by atoms with E-state index in [9.17, 15) is 4.79 Å². The van der Waals surface area contributed by atoms with Crippen LogP contribution in [0.5, 0.6) is 0 Å². The maximum Gasteiger partial charge on any atom is 0.271 e. The van der Waals surface area contributed by atoms with Crippen LogP contribution >= 0.6 is 23.1 Å². The molecule has 1 saturated heterocycles. The Morgan fingerprint density at radius 1 is 1.06 bits per heavy atom. The normalized spacial score (nSPS) is 14.1. The molecular formula is C26H24N4O2S2. The summed E-state index contributed by atoms with van der Waals surface area (Å²) in [5, 5.41) is 4.11. The van der Waals surface area contributed by atoms with Gasteiger partial charge in [0.1, 0.15) is 0 Å². The summed E-state index contributed by atoms with van der Waals surface area (Å²) >= 11 is 3.41. The number of ether oxygens (including phenoxy) is 1. The summed E-state index contributed by atoms with van der Waals surface area (Å²) < 4.78 is 7.65. The van der Waals surface area contributed by atoms with Crippen LogP contribution in [0.1, 0.15) is 21.5 Å². The van der Waals surface area contributed by atoms with Gasteiger partial charge in [-0.05, 0) is 47.5 Å². The van der Waals surface area contributed by atoms with E-state index in [1.807, 2.05) is 54.6 Å². The molecule has 1 aliphatic heterocycles. The fraction of sp³-hybridized carbons (Fsp3) is 0.192. The molecule has 1 fully saturated rings. The molecule has 3 aromatic carbocycles. The van der Waals surface area contributed by atoms with Gasteiger partial charge in [0.25, 0.3) is 5.91 Å². The van der Waals surface area contributed by atoms with Crippen molar-refractivity contribution in [1.29, 1.82) is 0 Å². The molecule has 4 aromatic rings. The van der Waals surface area contributed by atoms with Crippen LogP contribution in [0.15, 0.2) is 82.2 Å². The minimum absolute atomic E-state index is 0.230. The molecule has 8 heteroatoms. The molecule has 172 valence electrons. The molecule has 0 unspecified atom stereocenters. The van der Waals surface area contributed by atoms with E-state index in [4.69, 9.17) is 4.74 Å². The van der Waals surface area contributed by atoms with E-state index in [1.54, 1.807) is 29.3 Å². The SMILES string of the molecule is O=C(N/N=C\c1ccc(N2CCOCC2)cc1)c1ccc(CSc2nc3ccccc3s2)cc1. The third-order valence-corrected chi connectivity index (χ3v) is 7.75. The van der Waals surface area contributed by atoms with E-state index in [-0.39, 0.29) is 5.91 Å². The van der Waals surface area contributed by atoms with E-state index in [2.05, 4.69) is 38.6 Å². The zero-order valence-corrected chi connectivity index (χ0v) is 20.1. The van der Waals surface area contributed by atoms with Gasteiger partial charge in [-0.15, -0.1) is 11.3 Å². The molecule has 6 nitrogen and oxygen atoms in total. The molecule has 1 N–H and O–H groups in total. The maximum absolute atomic E-state index is 12.4. The van der Waals surface area contributed by atoms with Crippen molar-refractivity contribution in [2.45, 2.75) is 10.1 Å². The van der Waals surface area contributed by atoms with E-state index < -0.39 is 0 Å². The highest BCUT2D eigenvalue weighted by molar-refractivity contribution is 8.00. The molecule has 34 heavy (non-hydrogen) atoms. The van der Waals surface area contributed by atoms with Gasteiger partial charge in [-0.2, -0.15) is 5.10 Å². The third-order valence-electron chi connectivity index (χ3n) is 5.50. The number of benzene rings is 3. The van der Waals surface area contributed by atoms with E-state index in [1.165, 1.54) is 10.4 Å². The Hall–Kier alpha value is -3.20. The minimum Gasteiger partial charge on any atom is -0.378 e. The number of rotatable bonds is 7. The number of thiazole rings is 1. The van der Waals surface area contributed by atoms with Gasteiger partial charge < -0.3 is 9.64 Å². The number of fused-ring (bicyclic) bond motifs is 1. The van der Waals surface area contributed by atoms with Crippen molar-refractivity contribution in [3.05, 3.63) is 89.5 Å². The van der Waals surface area contributed by atoms with Crippen LogP contribution in [0.2, 0.25) is 0 Å². The standard InChI is InChI=1S/C26H24N4O2S2/c31-25(29-27-17-19-7-11-22(12-8-19)30-13-15-32-16-14-30)21-9-5-20(6-10-21)18-33-26-28-23-3-1-2-4-24(23)34-26/h1-12,17H,13-16,18H2,(H,29,31)/b27-17-. The van der Waals surface area contributed by atoms with Gasteiger partial charge in [0.05, 0.1) is 29.6 Å². The Morgan fingerprint density at radius 3 is 2.59 bits per heavy atom. The van der Waals surface area contributed by atoms with Crippen molar-refractivity contribution >= 4 is 51.1 Å². The number of carbonyl (C=O) groups excluding carboxylic acids is 1. The molecule has 1 aromatic heterocycles. The lowest BCUT2D eigenvalue weighted by molar-refractivity contribution is 0.0955. The van der Waals surface area contributed by atoms with Gasteiger partial charge in [0.15, 0.2) is 4.34 Å². The van der Waals surface area contributed by atoms with Gasteiger partial charge in [0, 0.05) is 30.1 Å². The summed E-state index contributed by atoms with van der Waals surface area (Å²) in [6, 6.07) is 23.9. The number of nitrogens with zero attached hydrogens (tertiary/aromatic N) is 3. The highest BCUT2D eigenvalue weighted by Crippen LogP contribution is 2.31. The maximum atomic E-state index is 12.4. The first-order valence-corrected chi connectivity index (χ1v) is 12.9. The highest BCUT2D eigenvalue weighted by atomic mass is 32.2. The Kier molecular flexibility index (Phi) is 7.19. The second kappa shape index (κ2) is 10.8. The van der Waals surface area contributed by atoms with Crippen LogP contribution in [0.3, 0.4) is 0 Å². The molecule has 0 radical (unpaired) electrons. The number of amides is 1. The number of hydrazone groups is 1. The summed E-state index contributed by atoms with van der Waals surface area (Å²) in [5.74, 6) is 0.576. The Labute approximate surface area is 206 Å². The number of aromatic nitrogens is 1. The zero-order valence-electron chi connectivity index (χ0n) is 18.5. The second-order valence-electron chi connectivity index (χ2n) is 7.82. The summed E-state index contributed by atoms with van der Waals surface area (Å²) in [6.45, 7) is 3.34. The van der Waals surface area contributed by atoms with Crippen molar-refractivity contribution in [3.63, 3.8) is 0 Å². The smallest absolute Gasteiger partial charge is 0.271 e. The van der Waals surface area contributed by atoms with E-state index >= 15 is 0 Å². The van der Waals surface area contributed by atoms with Crippen LogP contribution in [0.25, 0.3) is 10.2 Å². The van der Waals surface area contributed by atoms with Crippen LogP contribution in [-0.4, -0.2) is 43.4 Å². The van der Waals surface area contributed by atoms with Crippen LogP contribution in [-0.2, 0) is 10.5 Å². The first kappa shape index (κ1) is 22.6. The van der Waals surface area contributed by atoms with Gasteiger partial charge in [0.2, 0.25) is 0 Å². The van der Waals surface area contributed by atoms with Crippen LogP contribution in [0, 0.1) is 0 Å². The molecule has 5 rings (SSSR count). The third kappa shape index (κ3) is 5.64. The van der Waals surface area contributed by atoms with Gasteiger partial charge in [-0.3, -0.25) is 4.79 Å². The van der Waals surface area contributed by atoms with Crippen molar-refractivity contribution in [2.24, 2.45) is 5.10 Å².